The summed E-state index contributed by atoms with van der Waals surface area (Å²) in [5, 5.41) is 23.4. The van der Waals surface area contributed by atoms with E-state index in [-0.39, 0.29) is 5.82 Å². The first kappa shape index (κ1) is 22.8. The zero-order valence-electron chi connectivity index (χ0n) is 18.3. The number of benzene rings is 1. The van der Waals surface area contributed by atoms with E-state index < -0.39 is 30.4 Å². The lowest BCUT2D eigenvalue weighted by atomic mass is 10.1. The quantitative estimate of drug-likeness (QED) is 0.373. The number of hydrogen-bond acceptors (Lipinski definition) is 8. The molecule has 5 N–H and O–H groups in total. The molecule has 0 radical (unpaired) electrons. The number of nitrogens with two attached hydrogens (primary N) is 1. The van der Waals surface area contributed by atoms with Crippen LogP contribution in [0.25, 0.3) is 17.2 Å². The van der Waals surface area contributed by atoms with Gasteiger partial charge in [-0.2, -0.15) is 0 Å². The number of fused-ring (bicyclic) bond motifs is 1. The molecule has 2 aromatic heterocycles. The van der Waals surface area contributed by atoms with Gasteiger partial charge in [0.25, 0.3) is 5.91 Å². The number of aryl methyl sites for hydroxylation is 1. The Hall–Kier alpha value is -3.34. The van der Waals surface area contributed by atoms with Gasteiger partial charge in [-0.15, -0.1) is 0 Å². The maximum atomic E-state index is 12.2. The van der Waals surface area contributed by atoms with E-state index in [2.05, 4.69) is 32.4 Å². The van der Waals surface area contributed by atoms with Gasteiger partial charge in [0.1, 0.15) is 17.7 Å². The molecule has 10 heteroatoms. The van der Waals surface area contributed by atoms with Gasteiger partial charge in [0.15, 0.2) is 29.6 Å². The molecule has 1 saturated heterocycles. The first-order valence-corrected chi connectivity index (χ1v) is 11.0. The smallest absolute Gasteiger partial charge is 0.252 e. The van der Waals surface area contributed by atoms with Crippen LogP contribution < -0.4 is 11.1 Å². The number of nitrogen functional groups attached to an aromatic ring is 1. The summed E-state index contributed by atoms with van der Waals surface area (Å²) in [6.45, 7) is 2.14. The number of nitrogens with one attached hydrogen (secondary N) is 1. The van der Waals surface area contributed by atoms with Crippen LogP contribution in [0.4, 0.5) is 5.82 Å². The van der Waals surface area contributed by atoms with Crippen LogP contribution in [0.1, 0.15) is 37.4 Å². The number of nitrogens with zero attached hydrogens (tertiary/aromatic N) is 4. The molecule has 174 valence electrons. The molecule has 1 aromatic carbocycles. The first-order chi connectivity index (χ1) is 16.0. The summed E-state index contributed by atoms with van der Waals surface area (Å²) in [5.74, 6) is 0.0926. The SMILES string of the molecule is CCNC(=O)C1OC(n2cnc3c(N)nc(/C=C/CCCc4ccccc4)nc32)C(O)C1O. The molecule has 1 aliphatic heterocycles. The topological polar surface area (TPSA) is 148 Å². The molecule has 0 spiro atoms. The van der Waals surface area contributed by atoms with E-state index in [1.807, 2.05) is 24.3 Å². The van der Waals surface area contributed by atoms with Crippen LogP contribution in [0.5, 0.6) is 0 Å². The van der Waals surface area contributed by atoms with Crippen molar-refractivity contribution >= 4 is 29.0 Å². The summed E-state index contributed by atoms with van der Waals surface area (Å²) in [6.07, 6.45) is 3.01. The summed E-state index contributed by atoms with van der Waals surface area (Å²) in [6, 6.07) is 10.3. The largest absolute Gasteiger partial charge is 0.387 e. The molecule has 3 aromatic rings. The van der Waals surface area contributed by atoms with Crippen molar-refractivity contribution in [3.8, 4) is 0 Å². The number of amides is 1. The number of aliphatic hydroxyl groups excluding tert-OH is 2. The van der Waals surface area contributed by atoms with Gasteiger partial charge in [0.2, 0.25) is 0 Å². The fourth-order valence-electron chi connectivity index (χ4n) is 3.85. The van der Waals surface area contributed by atoms with Crippen LogP contribution in [-0.4, -0.2) is 60.5 Å². The van der Waals surface area contributed by atoms with E-state index in [4.69, 9.17) is 10.5 Å². The number of anilines is 1. The summed E-state index contributed by atoms with van der Waals surface area (Å²) in [7, 11) is 0. The third-order valence-corrected chi connectivity index (χ3v) is 5.53. The molecular weight excluding hydrogens is 424 g/mol. The first-order valence-electron chi connectivity index (χ1n) is 11.0. The number of carbonyl (C=O) groups is 1. The van der Waals surface area contributed by atoms with Gasteiger partial charge in [-0.05, 0) is 37.8 Å². The van der Waals surface area contributed by atoms with E-state index in [0.29, 0.717) is 23.5 Å². The fraction of sp³-hybridized carbons (Fsp3) is 0.391. The average molecular weight is 453 g/mol. The zero-order chi connectivity index (χ0) is 23.4. The molecule has 0 saturated carbocycles. The molecule has 4 atom stereocenters. The molecule has 4 rings (SSSR count). The standard InChI is InChI=1S/C23H28N6O4/c1-2-25-22(32)19-17(30)18(31)23(33-19)29-13-26-16-20(24)27-15(28-21(16)29)12-8-4-7-11-14-9-5-3-6-10-14/h3,5-6,8-10,12-13,17-19,23,30-31H,2,4,7,11H2,1H3,(H,25,32)(H2,24,27,28)/b12-8+. The van der Waals surface area contributed by atoms with Crippen LogP contribution in [-0.2, 0) is 16.0 Å². The number of carbonyl (C=O) groups excluding carboxylic acids is 1. The number of aromatic nitrogens is 4. The van der Waals surface area contributed by atoms with Crippen LogP contribution >= 0.6 is 0 Å². The predicted molar refractivity (Wildman–Crippen MR) is 123 cm³/mol. The zero-order valence-corrected chi connectivity index (χ0v) is 18.3. The Kier molecular flexibility index (Phi) is 6.97. The Bertz CT molecular complexity index is 1130. The van der Waals surface area contributed by atoms with Crippen molar-refractivity contribution in [3.05, 3.63) is 54.1 Å². The van der Waals surface area contributed by atoms with E-state index >= 15 is 0 Å². The van der Waals surface area contributed by atoms with Gasteiger partial charge >= 0.3 is 0 Å². The van der Waals surface area contributed by atoms with E-state index in [9.17, 15) is 15.0 Å². The Morgan fingerprint density at radius 1 is 1.24 bits per heavy atom. The molecule has 1 amide bonds. The second-order valence-electron chi connectivity index (χ2n) is 7.89. The Balaban J connectivity index is 1.50. The molecule has 33 heavy (non-hydrogen) atoms. The summed E-state index contributed by atoms with van der Waals surface area (Å²) in [4.78, 5) is 25.2. The molecule has 3 heterocycles. The molecule has 4 unspecified atom stereocenters. The number of imidazole rings is 1. The minimum atomic E-state index is -1.39. The highest BCUT2D eigenvalue weighted by atomic mass is 16.6. The Labute approximate surface area is 191 Å². The van der Waals surface area contributed by atoms with Crippen LogP contribution in [0.3, 0.4) is 0 Å². The number of likely N-dealkylation sites (N-methyl/N-ethyl adjacent to an activating group) is 1. The predicted octanol–water partition coefficient (Wildman–Crippen LogP) is 1.20. The van der Waals surface area contributed by atoms with Crippen molar-refractivity contribution < 1.29 is 19.7 Å². The third-order valence-electron chi connectivity index (χ3n) is 5.53. The third kappa shape index (κ3) is 4.87. The minimum absolute atomic E-state index is 0.191. The summed E-state index contributed by atoms with van der Waals surface area (Å²) < 4.78 is 7.14. The van der Waals surface area contributed by atoms with Crippen molar-refractivity contribution in [1.82, 2.24) is 24.8 Å². The molecule has 0 bridgehead atoms. The van der Waals surface area contributed by atoms with Gasteiger partial charge in [-0.3, -0.25) is 9.36 Å². The average Bonchev–Trinajstić information content (AvgIpc) is 3.36. The second kappa shape index (κ2) is 10.1. The maximum absolute atomic E-state index is 12.2. The van der Waals surface area contributed by atoms with Crippen molar-refractivity contribution in [2.45, 2.75) is 50.7 Å². The summed E-state index contributed by atoms with van der Waals surface area (Å²) in [5.41, 5.74) is 8.06. The highest BCUT2D eigenvalue weighted by Crippen LogP contribution is 2.32. The highest BCUT2D eigenvalue weighted by Gasteiger charge is 2.47. The number of ether oxygens (including phenoxy) is 1. The lowest BCUT2D eigenvalue weighted by Crippen LogP contribution is -2.42. The number of aliphatic hydroxyl groups is 2. The monoisotopic (exact) mass is 452 g/mol. The molecule has 1 fully saturated rings. The number of unbranched alkanes of at least 4 members (excludes halogenated alkanes) is 1. The second-order valence-corrected chi connectivity index (χ2v) is 7.89. The van der Waals surface area contributed by atoms with Gasteiger partial charge in [-0.1, -0.05) is 36.4 Å². The Morgan fingerprint density at radius 2 is 2.03 bits per heavy atom. The van der Waals surface area contributed by atoms with E-state index in [1.165, 1.54) is 16.5 Å². The van der Waals surface area contributed by atoms with Crippen molar-refractivity contribution in [3.63, 3.8) is 0 Å². The minimum Gasteiger partial charge on any atom is -0.387 e. The van der Waals surface area contributed by atoms with Crippen LogP contribution in [0.15, 0.2) is 42.7 Å². The van der Waals surface area contributed by atoms with Crippen LogP contribution in [0.2, 0.25) is 0 Å². The molecular formula is C23H28N6O4. The number of hydrogen-bond donors (Lipinski definition) is 4. The lowest BCUT2D eigenvalue weighted by molar-refractivity contribution is -0.137. The van der Waals surface area contributed by atoms with Crippen molar-refractivity contribution in [2.75, 3.05) is 12.3 Å². The van der Waals surface area contributed by atoms with E-state index in [1.54, 1.807) is 13.0 Å². The number of rotatable bonds is 8. The van der Waals surface area contributed by atoms with Gasteiger partial charge in [-0.25, -0.2) is 15.0 Å². The summed E-state index contributed by atoms with van der Waals surface area (Å²) >= 11 is 0. The number of allylic oxidation sites excluding steroid dienone is 1. The highest BCUT2D eigenvalue weighted by molar-refractivity contribution is 5.83. The fourth-order valence-corrected chi connectivity index (χ4v) is 3.85. The molecule has 10 nitrogen and oxygen atoms in total. The van der Waals surface area contributed by atoms with E-state index in [0.717, 1.165) is 19.3 Å². The van der Waals surface area contributed by atoms with Gasteiger partial charge < -0.3 is 26.0 Å². The van der Waals surface area contributed by atoms with Gasteiger partial charge in [0, 0.05) is 6.54 Å². The van der Waals surface area contributed by atoms with Crippen LogP contribution in [0, 0.1) is 0 Å². The van der Waals surface area contributed by atoms with Crippen molar-refractivity contribution in [2.24, 2.45) is 0 Å². The van der Waals surface area contributed by atoms with Crippen molar-refractivity contribution in [1.29, 1.82) is 0 Å². The lowest BCUT2D eigenvalue weighted by Gasteiger charge is -2.16. The Morgan fingerprint density at radius 3 is 2.79 bits per heavy atom. The van der Waals surface area contributed by atoms with Gasteiger partial charge in [0.05, 0.1) is 6.33 Å². The molecule has 1 aliphatic rings. The normalized spacial score (nSPS) is 22.9. The maximum Gasteiger partial charge on any atom is 0.252 e. The molecule has 0 aliphatic carbocycles.